The molecule has 0 aromatic rings. The average Bonchev–Trinajstić information content (AvgIpc) is 1.99. The molecule has 1 aliphatic carbocycles. The molecule has 0 radical (unpaired) electrons. The fourth-order valence-corrected chi connectivity index (χ4v) is 1.50. The van der Waals surface area contributed by atoms with Crippen LogP contribution in [-0.2, 0) is 4.74 Å². The van der Waals surface area contributed by atoms with Gasteiger partial charge in [0.05, 0.1) is 12.2 Å². The van der Waals surface area contributed by atoms with Crippen LogP contribution in [0.5, 0.6) is 0 Å². The standard InChI is InChI=1S/C9H15NO/c1-2-4-8(5-3-1)11-9-6-10-7-9/h2,4,8-10H,1,3,5-7H2. The predicted molar refractivity (Wildman–Crippen MR) is 44.5 cm³/mol. The number of hydrogen-bond acceptors (Lipinski definition) is 2. The zero-order valence-electron chi connectivity index (χ0n) is 6.75. The highest BCUT2D eigenvalue weighted by Crippen LogP contribution is 2.16. The Kier molecular flexibility index (Phi) is 2.24. The molecule has 2 aliphatic rings. The maximum absolute atomic E-state index is 5.78. The van der Waals surface area contributed by atoms with Crippen LogP contribution in [0.25, 0.3) is 0 Å². The minimum Gasteiger partial charge on any atom is -0.368 e. The molecule has 62 valence electrons. The van der Waals surface area contributed by atoms with Crippen molar-refractivity contribution in [2.24, 2.45) is 0 Å². The Bertz CT molecular complexity index is 152. The number of ether oxygens (including phenoxy) is 1. The van der Waals surface area contributed by atoms with Gasteiger partial charge in [-0.25, -0.2) is 0 Å². The molecule has 1 saturated heterocycles. The minimum absolute atomic E-state index is 0.413. The Hall–Kier alpha value is -0.340. The molecule has 1 aliphatic heterocycles. The van der Waals surface area contributed by atoms with Crippen LogP contribution in [0.1, 0.15) is 19.3 Å². The Labute approximate surface area is 67.6 Å². The maximum atomic E-state index is 5.78. The SMILES string of the molecule is C1=CC(OC2CNC2)CCC1. The summed E-state index contributed by atoms with van der Waals surface area (Å²) in [5.41, 5.74) is 0. The van der Waals surface area contributed by atoms with E-state index in [0.717, 1.165) is 13.1 Å². The molecule has 2 nitrogen and oxygen atoms in total. The minimum atomic E-state index is 0.413. The molecule has 0 aromatic carbocycles. The molecule has 2 heteroatoms. The van der Waals surface area contributed by atoms with Gasteiger partial charge in [-0.15, -0.1) is 0 Å². The van der Waals surface area contributed by atoms with Gasteiger partial charge in [-0.2, -0.15) is 0 Å². The van der Waals surface area contributed by atoms with Crippen molar-refractivity contribution in [3.05, 3.63) is 12.2 Å². The van der Waals surface area contributed by atoms with Gasteiger partial charge < -0.3 is 10.1 Å². The van der Waals surface area contributed by atoms with E-state index in [-0.39, 0.29) is 0 Å². The van der Waals surface area contributed by atoms with Gasteiger partial charge in [0.1, 0.15) is 0 Å². The first kappa shape index (κ1) is 7.32. The predicted octanol–water partition coefficient (Wildman–Crippen LogP) is 1.08. The summed E-state index contributed by atoms with van der Waals surface area (Å²) in [5, 5.41) is 3.20. The second kappa shape index (κ2) is 3.37. The Morgan fingerprint density at radius 1 is 1.36 bits per heavy atom. The van der Waals surface area contributed by atoms with Gasteiger partial charge in [-0.3, -0.25) is 0 Å². The molecule has 1 atom stereocenters. The average molecular weight is 153 g/mol. The van der Waals surface area contributed by atoms with E-state index in [0.29, 0.717) is 12.2 Å². The lowest BCUT2D eigenvalue weighted by atomic mass is 10.0. The lowest BCUT2D eigenvalue weighted by Gasteiger charge is -2.31. The maximum Gasteiger partial charge on any atom is 0.0831 e. The van der Waals surface area contributed by atoms with Crippen molar-refractivity contribution in [2.75, 3.05) is 13.1 Å². The fourth-order valence-electron chi connectivity index (χ4n) is 1.50. The molecule has 1 heterocycles. The van der Waals surface area contributed by atoms with E-state index >= 15 is 0 Å². The first-order chi connectivity index (χ1) is 5.45. The normalized spacial score (nSPS) is 31.8. The number of allylic oxidation sites excluding steroid dienone is 1. The molecule has 0 saturated carbocycles. The number of rotatable bonds is 2. The molecule has 0 spiro atoms. The largest absolute Gasteiger partial charge is 0.368 e. The van der Waals surface area contributed by atoms with E-state index in [2.05, 4.69) is 17.5 Å². The number of hydrogen-bond donors (Lipinski definition) is 1. The third kappa shape index (κ3) is 1.82. The van der Waals surface area contributed by atoms with Crippen LogP contribution >= 0.6 is 0 Å². The molecular weight excluding hydrogens is 138 g/mol. The summed E-state index contributed by atoms with van der Waals surface area (Å²) in [6, 6.07) is 0. The van der Waals surface area contributed by atoms with Gasteiger partial charge in [0.2, 0.25) is 0 Å². The molecule has 1 N–H and O–H groups in total. The Balaban J connectivity index is 1.75. The molecule has 0 bridgehead atoms. The second-order valence-corrected chi connectivity index (χ2v) is 3.31. The van der Waals surface area contributed by atoms with Crippen molar-refractivity contribution in [3.8, 4) is 0 Å². The van der Waals surface area contributed by atoms with Crippen LogP contribution in [0, 0.1) is 0 Å². The fraction of sp³-hybridized carbons (Fsp3) is 0.778. The van der Waals surface area contributed by atoms with Gasteiger partial charge in [-0.1, -0.05) is 12.2 Å². The lowest BCUT2D eigenvalue weighted by Crippen LogP contribution is -2.49. The van der Waals surface area contributed by atoms with E-state index in [9.17, 15) is 0 Å². The van der Waals surface area contributed by atoms with E-state index < -0.39 is 0 Å². The second-order valence-electron chi connectivity index (χ2n) is 3.31. The van der Waals surface area contributed by atoms with Crippen molar-refractivity contribution < 1.29 is 4.74 Å². The van der Waals surface area contributed by atoms with Crippen LogP contribution in [0.3, 0.4) is 0 Å². The number of nitrogens with one attached hydrogen (secondary N) is 1. The van der Waals surface area contributed by atoms with Gasteiger partial charge in [0.15, 0.2) is 0 Å². The van der Waals surface area contributed by atoms with Crippen molar-refractivity contribution in [2.45, 2.75) is 31.5 Å². The molecule has 1 fully saturated rings. The van der Waals surface area contributed by atoms with Gasteiger partial charge in [0.25, 0.3) is 0 Å². The molecular formula is C9H15NO. The van der Waals surface area contributed by atoms with Gasteiger partial charge in [0, 0.05) is 13.1 Å². The first-order valence-electron chi connectivity index (χ1n) is 4.48. The zero-order chi connectivity index (χ0) is 7.52. The van der Waals surface area contributed by atoms with Crippen LogP contribution in [0.15, 0.2) is 12.2 Å². The quantitative estimate of drug-likeness (QED) is 0.599. The summed E-state index contributed by atoms with van der Waals surface area (Å²) in [5.74, 6) is 0. The van der Waals surface area contributed by atoms with Crippen LogP contribution in [-0.4, -0.2) is 25.3 Å². The first-order valence-corrected chi connectivity index (χ1v) is 4.48. The zero-order valence-corrected chi connectivity index (χ0v) is 6.75. The van der Waals surface area contributed by atoms with Gasteiger partial charge in [-0.05, 0) is 19.3 Å². The highest BCUT2D eigenvalue weighted by molar-refractivity contribution is 4.95. The molecule has 0 aromatic heterocycles. The van der Waals surface area contributed by atoms with Crippen LogP contribution < -0.4 is 5.32 Å². The van der Waals surface area contributed by atoms with E-state index in [1.807, 2.05) is 0 Å². The van der Waals surface area contributed by atoms with E-state index in [4.69, 9.17) is 4.74 Å². The Morgan fingerprint density at radius 2 is 2.27 bits per heavy atom. The van der Waals surface area contributed by atoms with Crippen LogP contribution in [0.2, 0.25) is 0 Å². The molecule has 11 heavy (non-hydrogen) atoms. The summed E-state index contributed by atoms with van der Waals surface area (Å²) in [6.45, 7) is 2.09. The van der Waals surface area contributed by atoms with E-state index in [1.54, 1.807) is 0 Å². The monoisotopic (exact) mass is 153 g/mol. The highest BCUT2D eigenvalue weighted by Gasteiger charge is 2.21. The topological polar surface area (TPSA) is 21.3 Å². The van der Waals surface area contributed by atoms with Crippen molar-refractivity contribution >= 4 is 0 Å². The Morgan fingerprint density at radius 3 is 2.82 bits per heavy atom. The molecule has 0 amide bonds. The van der Waals surface area contributed by atoms with Gasteiger partial charge >= 0.3 is 0 Å². The van der Waals surface area contributed by atoms with Crippen molar-refractivity contribution in [1.29, 1.82) is 0 Å². The highest BCUT2D eigenvalue weighted by atomic mass is 16.5. The summed E-state index contributed by atoms with van der Waals surface area (Å²) in [7, 11) is 0. The molecule has 1 unspecified atom stereocenters. The molecule has 2 rings (SSSR count). The summed E-state index contributed by atoms with van der Waals surface area (Å²) >= 11 is 0. The van der Waals surface area contributed by atoms with Crippen LogP contribution in [0.4, 0.5) is 0 Å². The summed E-state index contributed by atoms with van der Waals surface area (Å²) in [4.78, 5) is 0. The lowest BCUT2D eigenvalue weighted by molar-refractivity contribution is -0.0209. The van der Waals surface area contributed by atoms with E-state index in [1.165, 1.54) is 19.3 Å². The summed E-state index contributed by atoms with van der Waals surface area (Å²) in [6.07, 6.45) is 9.10. The smallest absolute Gasteiger partial charge is 0.0831 e. The third-order valence-corrected chi connectivity index (χ3v) is 2.32. The summed E-state index contributed by atoms with van der Waals surface area (Å²) < 4.78 is 5.78. The van der Waals surface area contributed by atoms with Crippen molar-refractivity contribution in [3.63, 3.8) is 0 Å². The third-order valence-electron chi connectivity index (χ3n) is 2.32. The van der Waals surface area contributed by atoms with Crippen molar-refractivity contribution in [1.82, 2.24) is 5.32 Å².